The van der Waals surface area contributed by atoms with Gasteiger partial charge in [0.1, 0.15) is 0 Å². The number of rotatable bonds is 1. The smallest absolute Gasteiger partial charge is 0.0647 e. The number of allylic oxidation sites excluding steroid dienone is 2. The predicted molar refractivity (Wildman–Crippen MR) is 105 cm³/mol. The molecule has 0 amide bonds. The summed E-state index contributed by atoms with van der Waals surface area (Å²) in [4.78, 5) is 0. The van der Waals surface area contributed by atoms with Gasteiger partial charge in [0.25, 0.3) is 0 Å². The molecule has 0 aromatic rings. The first kappa shape index (κ1) is 19.5. The lowest BCUT2D eigenvalue weighted by Gasteiger charge is -2.15. The van der Waals surface area contributed by atoms with E-state index in [1.54, 1.807) is 0 Å². The van der Waals surface area contributed by atoms with Crippen LogP contribution in [0.4, 0.5) is 0 Å². The summed E-state index contributed by atoms with van der Waals surface area (Å²) < 4.78 is 0. The monoisotopic (exact) mass is 333 g/mol. The molecule has 2 N–H and O–H groups in total. The molecule has 3 heteroatoms. The van der Waals surface area contributed by atoms with Gasteiger partial charge in [-0.15, -0.1) is 0 Å². The van der Waals surface area contributed by atoms with Crippen molar-refractivity contribution in [3.05, 3.63) is 11.6 Å². The van der Waals surface area contributed by atoms with Crippen LogP contribution in [0.2, 0.25) is 0 Å². The fourth-order valence-corrected chi connectivity index (χ4v) is 3.83. The van der Waals surface area contributed by atoms with Crippen LogP contribution in [-0.4, -0.2) is 12.3 Å². The van der Waals surface area contributed by atoms with Crippen LogP contribution in [0.15, 0.2) is 16.8 Å². The van der Waals surface area contributed by atoms with Gasteiger partial charge in [-0.3, -0.25) is 0 Å². The molecule has 0 fully saturated rings. The van der Waals surface area contributed by atoms with E-state index in [0.717, 1.165) is 13.0 Å². The molecule has 0 radical (unpaired) electrons. The van der Waals surface area contributed by atoms with Crippen LogP contribution in [0.1, 0.15) is 109 Å². The highest BCUT2D eigenvalue weighted by Gasteiger charge is 2.09. The zero-order valence-electron chi connectivity index (χ0n) is 15.8. The van der Waals surface area contributed by atoms with Gasteiger partial charge in [-0.25, -0.2) is 11.0 Å². The minimum Gasteiger partial charge on any atom is -0.243 e. The van der Waals surface area contributed by atoms with Gasteiger partial charge in [0.2, 0.25) is 0 Å². The van der Waals surface area contributed by atoms with Crippen molar-refractivity contribution in [2.75, 3.05) is 6.54 Å². The Morgan fingerprint density at radius 3 is 1.96 bits per heavy atom. The van der Waals surface area contributed by atoms with E-state index in [4.69, 9.17) is 5.10 Å². The molecule has 0 aromatic carbocycles. The van der Waals surface area contributed by atoms with E-state index in [1.807, 2.05) is 0 Å². The Hall–Kier alpha value is -0.830. The van der Waals surface area contributed by atoms with Gasteiger partial charge in [-0.05, 0) is 50.5 Å². The van der Waals surface area contributed by atoms with E-state index in [2.05, 4.69) is 17.0 Å². The fraction of sp³-hybridized carbons (Fsp3) is 0.857. The predicted octanol–water partition coefficient (Wildman–Crippen LogP) is 6.02. The average molecular weight is 334 g/mol. The third-order valence-corrected chi connectivity index (χ3v) is 5.40. The van der Waals surface area contributed by atoms with Gasteiger partial charge in [-0.1, -0.05) is 70.3 Å². The van der Waals surface area contributed by atoms with Crippen LogP contribution in [0.25, 0.3) is 0 Å². The Kier molecular flexibility index (Phi) is 10.9. The maximum atomic E-state index is 4.74. The normalized spacial score (nSPS) is 28.3. The molecule has 2 aliphatic rings. The van der Waals surface area contributed by atoms with Crippen LogP contribution in [-0.2, 0) is 0 Å². The minimum absolute atomic E-state index is 1.02. The zero-order valence-corrected chi connectivity index (χ0v) is 15.8. The van der Waals surface area contributed by atoms with E-state index in [0.29, 0.717) is 0 Å². The molecular weight excluding hydrogens is 294 g/mol. The SMILES string of the molecule is C1=C(/C2=N\NNCCCCCCCC2)CCCCCCCCCC/1. The van der Waals surface area contributed by atoms with Crippen LogP contribution in [0.3, 0.4) is 0 Å². The largest absolute Gasteiger partial charge is 0.243 e. The van der Waals surface area contributed by atoms with Crippen molar-refractivity contribution in [3.8, 4) is 0 Å². The third-order valence-electron chi connectivity index (χ3n) is 5.40. The van der Waals surface area contributed by atoms with Crippen molar-refractivity contribution in [1.82, 2.24) is 11.0 Å². The van der Waals surface area contributed by atoms with Gasteiger partial charge in [-0.2, -0.15) is 5.10 Å². The number of nitrogens with one attached hydrogen (secondary N) is 2. The third kappa shape index (κ3) is 8.86. The molecule has 138 valence electrons. The molecule has 2 rings (SSSR count). The molecule has 0 bridgehead atoms. The highest BCUT2D eigenvalue weighted by Crippen LogP contribution is 2.20. The summed E-state index contributed by atoms with van der Waals surface area (Å²) in [5, 5.41) is 4.74. The van der Waals surface area contributed by atoms with Gasteiger partial charge in [0, 0.05) is 6.54 Å². The molecule has 0 spiro atoms. The first-order chi connectivity index (χ1) is 12.0. The second-order valence-corrected chi connectivity index (χ2v) is 7.56. The Balaban J connectivity index is 1.96. The molecule has 24 heavy (non-hydrogen) atoms. The second kappa shape index (κ2) is 13.5. The Morgan fingerprint density at radius 2 is 1.21 bits per heavy atom. The number of hydrazine groups is 1. The summed E-state index contributed by atoms with van der Waals surface area (Å²) in [6.45, 7) is 1.02. The first-order valence-electron chi connectivity index (χ1n) is 10.7. The summed E-state index contributed by atoms with van der Waals surface area (Å²) in [5.41, 5.74) is 9.26. The van der Waals surface area contributed by atoms with E-state index in [1.165, 1.54) is 114 Å². The van der Waals surface area contributed by atoms with Crippen LogP contribution in [0.5, 0.6) is 0 Å². The molecular formula is C21H39N3. The maximum absolute atomic E-state index is 4.74. The topological polar surface area (TPSA) is 36.4 Å². The van der Waals surface area contributed by atoms with Crippen molar-refractivity contribution < 1.29 is 0 Å². The molecule has 1 aliphatic heterocycles. The fourth-order valence-electron chi connectivity index (χ4n) is 3.83. The van der Waals surface area contributed by atoms with Crippen LogP contribution in [0, 0.1) is 0 Å². The molecule has 3 nitrogen and oxygen atoms in total. The van der Waals surface area contributed by atoms with E-state index < -0.39 is 0 Å². The highest BCUT2D eigenvalue weighted by atomic mass is 15.6. The summed E-state index contributed by atoms with van der Waals surface area (Å²) in [6, 6.07) is 0. The van der Waals surface area contributed by atoms with Gasteiger partial charge < -0.3 is 0 Å². The van der Waals surface area contributed by atoms with Crippen molar-refractivity contribution >= 4 is 5.71 Å². The van der Waals surface area contributed by atoms with Crippen LogP contribution >= 0.6 is 0 Å². The molecule has 0 unspecified atom stereocenters. The number of hydrazone groups is 1. The standard InChI is InChI=1S/C21H39N3/c1-2-4-8-12-16-20(17-13-9-5-3-1)21-18-14-10-6-7-11-15-19-22-24-23-21/h16,22,24H,1-15,17-19H2/b20-16+,23-21-. The van der Waals surface area contributed by atoms with Gasteiger partial charge in [0.15, 0.2) is 0 Å². The van der Waals surface area contributed by atoms with Crippen molar-refractivity contribution in [1.29, 1.82) is 0 Å². The lowest BCUT2D eigenvalue weighted by molar-refractivity contribution is 0.506. The van der Waals surface area contributed by atoms with Crippen molar-refractivity contribution in [2.45, 2.75) is 109 Å². The second-order valence-electron chi connectivity index (χ2n) is 7.56. The molecule has 0 aromatic heterocycles. The van der Waals surface area contributed by atoms with E-state index >= 15 is 0 Å². The number of hydrogen-bond acceptors (Lipinski definition) is 3. The molecule has 0 saturated carbocycles. The summed E-state index contributed by atoms with van der Waals surface area (Å²) in [5.74, 6) is 0. The number of nitrogens with zero attached hydrogens (tertiary/aromatic N) is 1. The van der Waals surface area contributed by atoms with Crippen molar-refractivity contribution in [2.24, 2.45) is 5.10 Å². The molecule has 1 aliphatic carbocycles. The summed E-state index contributed by atoms with van der Waals surface area (Å²) in [7, 11) is 0. The van der Waals surface area contributed by atoms with Crippen LogP contribution < -0.4 is 11.0 Å². The van der Waals surface area contributed by atoms with Crippen molar-refractivity contribution in [3.63, 3.8) is 0 Å². The van der Waals surface area contributed by atoms with Gasteiger partial charge >= 0.3 is 0 Å². The summed E-state index contributed by atoms with van der Waals surface area (Å²) >= 11 is 0. The highest BCUT2D eigenvalue weighted by molar-refractivity contribution is 5.99. The molecule has 0 atom stereocenters. The quantitative estimate of drug-likeness (QED) is 0.615. The summed E-state index contributed by atoms with van der Waals surface area (Å²) in [6.07, 6.45) is 25.3. The van der Waals surface area contributed by atoms with E-state index in [-0.39, 0.29) is 0 Å². The average Bonchev–Trinajstić information content (AvgIpc) is 2.56. The molecule has 0 saturated heterocycles. The first-order valence-corrected chi connectivity index (χ1v) is 10.7. The maximum Gasteiger partial charge on any atom is 0.0647 e. The Bertz CT molecular complexity index is 337. The van der Waals surface area contributed by atoms with Gasteiger partial charge in [0.05, 0.1) is 5.71 Å². The lowest BCUT2D eigenvalue weighted by atomic mass is 9.95. The lowest BCUT2D eigenvalue weighted by Crippen LogP contribution is -2.29. The number of hydrogen-bond donors (Lipinski definition) is 2. The minimum atomic E-state index is 1.02. The Labute approximate surface area is 149 Å². The Morgan fingerprint density at radius 1 is 0.625 bits per heavy atom. The molecule has 1 heterocycles. The zero-order chi connectivity index (χ0) is 16.7. The van der Waals surface area contributed by atoms with E-state index in [9.17, 15) is 0 Å².